The third-order valence-corrected chi connectivity index (χ3v) is 3.74. The maximum Gasteiger partial charge on any atom is 0.201 e. The molecular weight excluding hydrogens is 326 g/mol. The van der Waals surface area contributed by atoms with Gasteiger partial charge in [-0.3, -0.25) is 10.8 Å². The van der Waals surface area contributed by atoms with E-state index in [-0.39, 0.29) is 11.5 Å². The minimum Gasteiger partial charge on any atom is -0.491 e. The van der Waals surface area contributed by atoms with E-state index in [0.29, 0.717) is 18.0 Å². The number of rotatable bonds is 9. The molecule has 0 aliphatic carbocycles. The Morgan fingerprint density at radius 3 is 2.62 bits per heavy atom. The maximum absolute atomic E-state index is 9.00. The van der Waals surface area contributed by atoms with Gasteiger partial charge in [0.1, 0.15) is 11.8 Å². The van der Waals surface area contributed by atoms with Crippen LogP contribution in [0, 0.1) is 16.7 Å². The number of hydrazone groups is 1. The average molecular weight is 349 g/mol. The number of hydrogen-bond donors (Lipinski definition) is 3. The standard InChI is InChI=1S/C20H23N5O/c1-2-3-7-12-26-19-11-10-16(15-8-5-4-6-9-15)13-17(19)24-25-18(14-21)20(22)23/h4-6,8-11,13,24H,2-3,7,12H2,1H3,(H3,22,23)/b25-18+. The van der Waals surface area contributed by atoms with Crippen molar-refractivity contribution in [3.05, 3.63) is 48.5 Å². The molecule has 0 amide bonds. The van der Waals surface area contributed by atoms with Crippen LogP contribution in [0.1, 0.15) is 26.2 Å². The Hall–Kier alpha value is -3.33. The highest BCUT2D eigenvalue weighted by molar-refractivity contribution is 6.45. The molecule has 134 valence electrons. The minimum absolute atomic E-state index is 0.174. The van der Waals surface area contributed by atoms with E-state index in [4.69, 9.17) is 21.1 Å². The second kappa shape index (κ2) is 9.84. The predicted molar refractivity (Wildman–Crippen MR) is 105 cm³/mol. The van der Waals surface area contributed by atoms with Gasteiger partial charge in [0.05, 0.1) is 12.3 Å². The highest BCUT2D eigenvalue weighted by Gasteiger charge is 2.08. The Morgan fingerprint density at radius 2 is 1.96 bits per heavy atom. The van der Waals surface area contributed by atoms with Gasteiger partial charge >= 0.3 is 0 Å². The summed E-state index contributed by atoms with van der Waals surface area (Å²) >= 11 is 0. The molecule has 0 saturated carbocycles. The number of unbranched alkanes of at least 4 members (excludes halogenated alkanes) is 2. The summed E-state index contributed by atoms with van der Waals surface area (Å²) < 4.78 is 5.86. The molecule has 0 unspecified atom stereocenters. The second-order valence-electron chi connectivity index (χ2n) is 5.73. The number of nitrogens with zero attached hydrogens (tertiary/aromatic N) is 2. The molecule has 0 saturated heterocycles. The molecule has 2 aromatic carbocycles. The van der Waals surface area contributed by atoms with Crippen molar-refractivity contribution in [2.75, 3.05) is 12.0 Å². The lowest BCUT2D eigenvalue weighted by Crippen LogP contribution is -2.22. The predicted octanol–water partition coefficient (Wildman–Crippen LogP) is 4.15. The Balaban J connectivity index is 2.29. The summed E-state index contributed by atoms with van der Waals surface area (Å²) in [6.07, 6.45) is 3.19. The molecule has 2 rings (SSSR count). The largest absolute Gasteiger partial charge is 0.491 e. The lowest BCUT2D eigenvalue weighted by molar-refractivity contribution is 0.307. The van der Waals surface area contributed by atoms with Crippen LogP contribution in [0.4, 0.5) is 5.69 Å². The van der Waals surface area contributed by atoms with Crippen molar-refractivity contribution in [3.63, 3.8) is 0 Å². The van der Waals surface area contributed by atoms with Crippen molar-refractivity contribution in [1.29, 1.82) is 10.7 Å². The number of amidine groups is 1. The molecule has 6 nitrogen and oxygen atoms in total. The summed E-state index contributed by atoms with van der Waals surface area (Å²) in [4.78, 5) is 0. The molecule has 4 N–H and O–H groups in total. The summed E-state index contributed by atoms with van der Waals surface area (Å²) in [5.41, 5.74) is 10.7. The molecule has 0 fully saturated rings. The van der Waals surface area contributed by atoms with Crippen LogP contribution in [0.5, 0.6) is 5.75 Å². The molecule has 6 heteroatoms. The number of nitrogens with one attached hydrogen (secondary N) is 2. The molecule has 0 aliphatic heterocycles. The fourth-order valence-electron chi connectivity index (χ4n) is 2.35. The summed E-state index contributed by atoms with van der Waals surface area (Å²) in [5, 5.41) is 20.3. The van der Waals surface area contributed by atoms with Gasteiger partial charge in [-0.05, 0) is 29.7 Å². The smallest absolute Gasteiger partial charge is 0.201 e. The maximum atomic E-state index is 9.00. The zero-order valence-electron chi connectivity index (χ0n) is 14.8. The molecule has 0 bridgehead atoms. The van der Waals surface area contributed by atoms with Crippen LogP contribution in [-0.4, -0.2) is 18.2 Å². The topological polar surface area (TPSA) is 107 Å². The lowest BCUT2D eigenvalue weighted by Gasteiger charge is -2.13. The van der Waals surface area contributed by atoms with E-state index in [0.717, 1.165) is 30.4 Å². The fourth-order valence-corrected chi connectivity index (χ4v) is 2.35. The van der Waals surface area contributed by atoms with Gasteiger partial charge < -0.3 is 10.5 Å². The van der Waals surface area contributed by atoms with Crippen LogP contribution < -0.4 is 15.9 Å². The highest BCUT2D eigenvalue weighted by atomic mass is 16.5. The number of hydrogen-bond acceptors (Lipinski definition) is 5. The monoisotopic (exact) mass is 349 g/mol. The van der Waals surface area contributed by atoms with E-state index in [1.165, 1.54) is 0 Å². The van der Waals surface area contributed by atoms with E-state index in [2.05, 4.69) is 17.5 Å². The first-order valence-electron chi connectivity index (χ1n) is 8.56. The molecular formula is C20H23N5O. The van der Waals surface area contributed by atoms with Crippen LogP contribution in [0.3, 0.4) is 0 Å². The molecule has 26 heavy (non-hydrogen) atoms. The summed E-state index contributed by atoms with van der Waals surface area (Å²) in [6.45, 7) is 2.75. The third-order valence-electron chi connectivity index (χ3n) is 3.74. The van der Waals surface area contributed by atoms with E-state index in [9.17, 15) is 0 Å². The number of benzene rings is 2. The van der Waals surface area contributed by atoms with Crippen LogP contribution in [0.15, 0.2) is 53.6 Å². The van der Waals surface area contributed by atoms with Gasteiger partial charge in [0.25, 0.3) is 0 Å². The first kappa shape index (κ1) is 19.0. The molecule has 0 heterocycles. The van der Waals surface area contributed by atoms with Crippen molar-refractivity contribution in [2.24, 2.45) is 10.8 Å². The Morgan fingerprint density at radius 1 is 1.19 bits per heavy atom. The summed E-state index contributed by atoms with van der Waals surface area (Å²) in [6, 6.07) is 17.5. The summed E-state index contributed by atoms with van der Waals surface area (Å²) in [5.74, 6) is 0.259. The van der Waals surface area contributed by atoms with Gasteiger partial charge in [0, 0.05) is 0 Å². The van der Waals surface area contributed by atoms with Crippen molar-refractivity contribution in [3.8, 4) is 22.9 Å². The van der Waals surface area contributed by atoms with Gasteiger partial charge in [-0.15, -0.1) is 0 Å². The van der Waals surface area contributed by atoms with Gasteiger partial charge in [-0.2, -0.15) is 10.4 Å². The van der Waals surface area contributed by atoms with Crippen LogP contribution in [0.2, 0.25) is 0 Å². The number of nitrogens with two attached hydrogens (primary N) is 1. The number of ether oxygens (including phenoxy) is 1. The van der Waals surface area contributed by atoms with E-state index < -0.39 is 0 Å². The van der Waals surface area contributed by atoms with Gasteiger partial charge in [0.15, 0.2) is 5.84 Å². The van der Waals surface area contributed by atoms with Crippen LogP contribution in [-0.2, 0) is 0 Å². The van der Waals surface area contributed by atoms with Gasteiger partial charge in [0.2, 0.25) is 5.71 Å². The zero-order chi connectivity index (χ0) is 18.8. The molecule has 0 aliphatic rings. The minimum atomic E-state index is -0.385. The molecule has 0 radical (unpaired) electrons. The van der Waals surface area contributed by atoms with Crippen molar-refractivity contribution in [1.82, 2.24) is 0 Å². The van der Waals surface area contributed by atoms with Crippen molar-refractivity contribution < 1.29 is 4.74 Å². The normalized spacial score (nSPS) is 10.8. The third kappa shape index (κ3) is 5.35. The van der Waals surface area contributed by atoms with Crippen molar-refractivity contribution >= 4 is 17.2 Å². The highest BCUT2D eigenvalue weighted by Crippen LogP contribution is 2.31. The van der Waals surface area contributed by atoms with E-state index in [1.54, 1.807) is 6.07 Å². The van der Waals surface area contributed by atoms with E-state index >= 15 is 0 Å². The number of nitriles is 1. The van der Waals surface area contributed by atoms with Crippen LogP contribution in [0.25, 0.3) is 11.1 Å². The summed E-state index contributed by atoms with van der Waals surface area (Å²) in [7, 11) is 0. The molecule has 0 spiro atoms. The fraction of sp³-hybridized carbons (Fsp3) is 0.250. The first-order valence-corrected chi connectivity index (χ1v) is 8.56. The van der Waals surface area contributed by atoms with Gasteiger partial charge in [-0.1, -0.05) is 56.2 Å². The Labute approximate surface area is 153 Å². The Bertz CT molecular complexity index is 809. The molecule has 0 aromatic heterocycles. The Kier molecular flexibility index (Phi) is 7.19. The quantitative estimate of drug-likeness (QED) is 0.273. The molecule has 0 atom stereocenters. The van der Waals surface area contributed by atoms with Crippen LogP contribution >= 0.6 is 0 Å². The number of anilines is 1. The van der Waals surface area contributed by atoms with E-state index in [1.807, 2.05) is 48.5 Å². The zero-order valence-corrected chi connectivity index (χ0v) is 14.8. The second-order valence-corrected chi connectivity index (χ2v) is 5.73. The lowest BCUT2D eigenvalue weighted by atomic mass is 10.0. The van der Waals surface area contributed by atoms with Crippen molar-refractivity contribution in [2.45, 2.75) is 26.2 Å². The molecule has 2 aromatic rings. The average Bonchev–Trinajstić information content (AvgIpc) is 2.67. The SMILES string of the molecule is CCCCCOc1ccc(-c2ccccc2)cc1N/N=C(\C#N)C(=N)N. The van der Waals surface area contributed by atoms with Gasteiger partial charge in [-0.25, -0.2) is 0 Å². The first-order chi connectivity index (χ1) is 12.7.